The van der Waals surface area contributed by atoms with Gasteiger partial charge in [0.05, 0.1) is 28.8 Å². The van der Waals surface area contributed by atoms with Crippen molar-refractivity contribution in [1.82, 2.24) is 10.2 Å². The number of ketones is 1. The van der Waals surface area contributed by atoms with Crippen LogP contribution in [0.25, 0.3) is 5.76 Å². The van der Waals surface area contributed by atoms with Crippen molar-refractivity contribution in [2.24, 2.45) is 0 Å². The van der Waals surface area contributed by atoms with Crippen molar-refractivity contribution < 1.29 is 19.4 Å². The molecular weight excluding hydrogens is 601 g/mol. The van der Waals surface area contributed by atoms with Gasteiger partial charge in [0.15, 0.2) is 4.34 Å². The zero-order chi connectivity index (χ0) is 27.7. The summed E-state index contributed by atoms with van der Waals surface area (Å²) in [7, 11) is 1.52. The van der Waals surface area contributed by atoms with E-state index >= 15 is 0 Å². The summed E-state index contributed by atoms with van der Waals surface area (Å²) in [6.45, 7) is 0. The number of benzene rings is 3. The van der Waals surface area contributed by atoms with Crippen molar-refractivity contribution in [3.05, 3.63) is 104 Å². The molecule has 0 radical (unpaired) electrons. The summed E-state index contributed by atoms with van der Waals surface area (Å²) in [4.78, 5) is 28.0. The second-order valence-corrected chi connectivity index (χ2v) is 11.7. The van der Waals surface area contributed by atoms with Crippen LogP contribution in [0, 0.1) is 0 Å². The lowest BCUT2D eigenvalue weighted by atomic mass is 9.95. The quantitative estimate of drug-likeness (QED) is 0.0757. The summed E-state index contributed by atoms with van der Waals surface area (Å²) in [5.41, 5.74) is 1.63. The summed E-state index contributed by atoms with van der Waals surface area (Å²) < 4.78 is 5.76. The Morgan fingerprint density at radius 3 is 2.44 bits per heavy atom. The fourth-order valence-electron chi connectivity index (χ4n) is 4.05. The number of methoxy groups -OCH3 is 1. The van der Waals surface area contributed by atoms with Gasteiger partial charge in [0.1, 0.15) is 11.5 Å². The second kappa shape index (κ2) is 11.6. The molecule has 5 rings (SSSR count). The van der Waals surface area contributed by atoms with Gasteiger partial charge in [-0.15, -0.1) is 10.2 Å². The van der Waals surface area contributed by atoms with Gasteiger partial charge in [-0.3, -0.25) is 14.5 Å². The Morgan fingerprint density at radius 2 is 1.74 bits per heavy atom. The summed E-state index contributed by atoms with van der Waals surface area (Å²) in [5, 5.41) is 21.1. The second-order valence-electron chi connectivity index (χ2n) is 8.30. The van der Waals surface area contributed by atoms with Crippen LogP contribution in [-0.4, -0.2) is 34.1 Å². The molecule has 1 aromatic heterocycles. The number of hydrogen-bond donors (Lipinski definition) is 1. The number of amides is 1. The van der Waals surface area contributed by atoms with Crippen molar-refractivity contribution >= 4 is 80.5 Å². The van der Waals surface area contributed by atoms with E-state index in [1.165, 1.54) is 23.8 Å². The molecule has 1 saturated heterocycles. The zero-order valence-corrected chi connectivity index (χ0v) is 24.0. The molecule has 0 spiro atoms. The molecule has 1 aliphatic heterocycles. The molecule has 1 atom stereocenters. The van der Waals surface area contributed by atoms with Crippen molar-refractivity contribution in [2.75, 3.05) is 12.0 Å². The first-order valence-corrected chi connectivity index (χ1v) is 14.3. The Labute approximate surface area is 247 Å². The molecule has 12 heteroatoms. The van der Waals surface area contributed by atoms with Gasteiger partial charge in [0.25, 0.3) is 5.78 Å². The summed E-state index contributed by atoms with van der Waals surface area (Å²) in [5.74, 6) is -0.934. The molecule has 7 nitrogen and oxygen atoms in total. The first-order valence-electron chi connectivity index (χ1n) is 11.4. The van der Waals surface area contributed by atoms with E-state index in [0.29, 0.717) is 37.0 Å². The van der Waals surface area contributed by atoms with Crippen molar-refractivity contribution in [3.8, 4) is 5.75 Å². The van der Waals surface area contributed by atoms with Crippen molar-refractivity contribution in [2.45, 2.75) is 16.1 Å². The molecule has 0 bridgehead atoms. The van der Waals surface area contributed by atoms with Gasteiger partial charge < -0.3 is 9.84 Å². The number of nitrogens with zero attached hydrogens (tertiary/aromatic N) is 3. The molecule has 1 fully saturated rings. The fraction of sp³-hybridized carbons (Fsp3) is 0.111. The maximum Gasteiger partial charge on any atom is 0.301 e. The molecule has 1 aliphatic rings. The highest BCUT2D eigenvalue weighted by Crippen LogP contribution is 2.45. The van der Waals surface area contributed by atoms with E-state index in [-0.39, 0.29) is 21.5 Å². The lowest BCUT2D eigenvalue weighted by molar-refractivity contribution is -0.132. The van der Waals surface area contributed by atoms with E-state index in [1.54, 1.807) is 42.5 Å². The normalized spacial score (nSPS) is 16.6. The van der Waals surface area contributed by atoms with Crippen LogP contribution in [0.3, 0.4) is 0 Å². The van der Waals surface area contributed by atoms with Crippen LogP contribution in [0.15, 0.2) is 76.6 Å². The Hall–Kier alpha value is -3.08. The Bertz CT molecular complexity index is 1610. The average Bonchev–Trinajstić information content (AvgIpc) is 3.51. The van der Waals surface area contributed by atoms with Crippen molar-refractivity contribution in [3.63, 3.8) is 0 Å². The molecular formula is C27H18Cl3N3O4S2. The highest BCUT2D eigenvalue weighted by atomic mass is 35.5. The summed E-state index contributed by atoms with van der Waals surface area (Å²) in [6, 6.07) is 17.7. The van der Waals surface area contributed by atoms with Crippen LogP contribution >= 0.6 is 57.9 Å². The largest absolute Gasteiger partial charge is 0.507 e. The maximum absolute atomic E-state index is 13.4. The minimum atomic E-state index is -1.02. The van der Waals surface area contributed by atoms with Gasteiger partial charge in [-0.1, -0.05) is 82.2 Å². The predicted molar refractivity (Wildman–Crippen MR) is 155 cm³/mol. The van der Waals surface area contributed by atoms with Gasteiger partial charge in [-0.05, 0) is 53.6 Å². The number of aliphatic hydroxyl groups is 1. The summed E-state index contributed by atoms with van der Waals surface area (Å²) >= 11 is 21.3. The third-order valence-electron chi connectivity index (χ3n) is 5.98. The van der Waals surface area contributed by atoms with Crippen LogP contribution < -0.4 is 9.64 Å². The van der Waals surface area contributed by atoms with Gasteiger partial charge in [0.2, 0.25) is 5.13 Å². The monoisotopic (exact) mass is 617 g/mol. The maximum atomic E-state index is 13.4. The van der Waals surface area contributed by atoms with Gasteiger partial charge in [-0.2, -0.15) is 0 Å². The molecule has 39 heavy (non-hydrogen) atoms. The first-order chi connectivity index (χ1) is 18.8. The minimum absolute atomic E-state index is 0.107. The molecule has 4 aromatic rings. The van der Waals surface area contributed by atoms with E-state index < -0.39 is 17.7 Å². The van der Waals surface area contributed by atoms with Crippen LogP contribution in [0.2, 0.25) is 15.1 Å². The average molecular weight is 619 g/mol. The van der Waals surface area contributed by atoms with Crippen LogP contribution in [-0.2, 0) is 15.3 Å². The van der Waals surface area contributed by atoms with E-state index in [2.05, 4.69) is 10.2 Å². The molecule has 3 aromatic carbocycles. The molecule has 1 unspecified atom stereocenters. The fourth-order valence-corrected chi connectivity index (χ4v) is 6.51. The lowest BCUT2D eigenvalue weighted by Gasteiger charge is -2.23. The number of aliphatic hydroxyl groups excluding tert-OH is 1. The number of thioether (sulfide) groups is 1. The highest BCUT2D eigenvalue weighted by Gasteiger charge is 2.48. The molecule has 2 heterocycles. The third-order valence-corrected chi connectivity index (χ3v) is 9.19. The number of carbonyl (C=O) groups is 2. The Morgan fingerprint density at radius 1 is 1.00 bits per heavy atom. The number of hydrogen-bond acceptors (Lipinski definition) is 8. The zero-order valence-electron chi connectivity index (χ0n) is 20.1. The number of Topliss-reactive ketones (excluding diaryl/α,β-unsaturated/α-hetero) is 1. The number of rotatable bonds is 7. The first kappa shape index (κ1) is 27.5. The standard InChI is InChI=1S/C27H18Cl3N3O4S2/c1-37-17-9-6-14(7-10-17)23(34)21-22(15-8-11-19(29)20(30)12-15)33(25(36)24(21)35)26-31-32-27(39-26)38-13-16-4-2-3-5-18(16)28/h2-12,22,34H,13H2,1H3/b23-21-. The molecule has 1 amide bonds. The van der Waals surface area contributed by atoms with E-state index in [4.69, 9.17) is 39.5 Å². The SMILES string of the molecule is COc1ccc(/C(O)=C2/C(=O)C(=O)N(c3nnc(SCc4ccccc4Cl)s3)C2c2ccc(Cl)c(Cl)c2)cc1. The third kappa shape index (κ3) is 5.50. The number of carbonyl (C=O) groups excluding carboxylic acids is 2. The minimum Gasteiger partial charge on any atom is -0.507 e. The van der Waals surface area contributed by atoms with Crippen LogP contribution in [0.1, 0.15) is 22.7 Å². The topological polar surface area (TPSA) is 92.6 Å². The Balaban J connectivity index is 1.56. The van der Waals surface area contributed by atoms with Gasteiger partial charge in [0, 0.05) is 16.3 Å². The van der Waals surface area contributed by atoms with Crippen LogP contribution in [0.5, 0.6) is 5.75 Å². The highest BCUT2D eigenvalue weighted by molar-refractivity contribution is 8.00. The summed E-state index contributed by atoms with van der Waals surface area (Å²) in [6.07, 6.45) is 0. The molecule has 0 saturated carbocycles. The van der Waals surface area contributed by atoms with E-state index in [9.17, 15) is 14.7 Å². The van der Waals surface area contributed by atoms with E-state index in [0.717, 1.165) is 16.9 Å². The van der Waals surface area contributed by atoms with Gasteiger partial charge >= 0.3 is 5.91 Å². The number of anilines is 1. The number of aromatic nitrogens is 2. The smallest absolute Gasteiger partial charge is 0.301 e. The van der Waals surface area contributed by atoms with Crippen LogP contribution in [0.4, 0.5) is 5.13 Å². The number of halogens is 3. The predicted octanol–water partition coefficient (Wildman–Crippen LogP) is 7.43. The number of ether oxygens (including phenoxy) is 1. The molecule has 0 aliphatic carbocycles. The van der Waals surface area contributed by atoms with Crippen molar-refractivity contribution in [1.29, 1.82) is 0 Å². The van der Waals surface area contributed by atoms with E-state index in [1.807, 2.05) is 24.3 Å². The Kier molecular flexibility index (Phi) is 8.16. The molecule has 198 valence electrons. The lowest BCUT2D eigenvalue weighted by Crippen LogP contribution is -2.29. The molecule has 1 N–H and O–H groups in total. The van der Waals surface area contributed by atoms with Gasteiger partial charge in [-0.25, -0.2) is 0 Å².